The molecule has 4 heteroatoms. The number of piperidine rings is 1. The van der Waals surface area contributed by atoms with Crippen molar-refractivity contribution < 1.29 is 14.3 Å². The van der Waals surface area contributed by atoms with Gasteiger partial charge in [-0.2, -0.15) is 0 Å². The molecule has 1 aliphatic rings. The minimum absolute atomic E-state index is 0.0644. The molecule has 22 heavy (non-hydrogen) atoms. The largest absolute Gasteiger partial charge is 0.493 e. The maximum atomic E-state index is 12.7. The van der Waals surface area contributed by atoms with E-state index in [4.69, 9.17) is 9.47 Å². The van der Waals surface area contributed by atoms with Gasteiger partial charge in [-0.25, -0.2) is 0 Å². The summed E-state index contributed by atoms with van der Waals surface area (Å²) in [7, 11) is 0. The van der Waals surface area contributed by atoms with Crippen molar-refractivity contribution in [1.82, 2.24) is 4.90 Å². The zero-order chi connectivity index (χ0) is 15.8. The number of para-hydroxylation sites is 1. The number of amides is 1. The fourth-order valence-corrected chi connectivity index (χ4v) is 2.72. The number of hydrogen-bond donors (Lipinski definition) is 0. The van der Waals surface area contributed by atoms with Crippen molar-refractivity contribution in [3.8, 4) is 5.75 Å². The third-order valence-electron chi connectivity index (χ3n) is 3.91. The Morgan fingerprint density at radius 3 is 2.77 bits per heavy atom. The molecular weight excluding hydrogens is 278 g/mol. The van der Waals surface area contributed by atoms with Crippen LogP contribution in [0.15, 0.2) is 36.9 Å². The van der Waals surface area contributed by atoms with Crippen LogP contribution in [0, 0.1) is 5.92 Å². The molecule has 1 heterocycles. The smallest absolute Gasteiger partial charge is 0.257 e. The molecule has 1 fully saturated rings. The third-order valence-corrected chi connectivity index (χ3v) is 3.91. The maximum absolute atomic E-state index is 12.7. The van der Waals surface area contributed by atoms with Crippen LogP contribution in [0.2, 0.25) is 0 Å². The van der Waals surface area contributed by atoms with Gasteiger partial charge in [-0.05, 0) is 37.8 Å². The lowest BCUT2D eigenvalue weighted by atomic mass is 9.97. The molecule has 1 aromatic carbocycles. The van der Waals surface area contributed by atoms with Gasteiger partial charge in [0.25, 0.3) is 5.91 Å². The van der Waals surface area contributed by atoms with E-state index in [1.807, 2.05) is 36.1 Å². The first kappa shape index (κ1) is 16.6. The van der Waals surface area contributed by atoms with Gasteiger partial charge in [-0.15, -0.1) is 6.58 Å². The minimum atomic E-state index is 0.0644. The second kappa shape index (κ2) is 8.59. The van der Waals surface area contributed by atoms with Gasteiger partial charge >= 0.3 is 0 Å². The number of carbonyl (C=O) groups is 1. The van der Waals surface area contributed by atoms with Crippen LogP contribution in [0.5, 0.6) is 5.75 Å². The van der Waals surface area contributed by atoms with E-state index < -0.39 is 0 Å². The molecule has 4 nitrogen and oxygen atoms in total. The maximum Gasteiger partial charge on any atom is 0.257 e. The highest BCUT2D eigenvalue weighted by Gasteiger charge is 2.25. The van der Waals surface area contributed by atoms with Gasteiger partial charge in [0.15, 0.2) is 0 Å². The predicted octanol–water partition coefficient (Wildman–Crippen LogP) is 3.14. The summed E-state index contributed by atoms with van der Waals surface area (Å²) in [4.78, 5) is 14.6. The molecule has 0 aromatic heterocycles. The summed E-state index contributed by atoms with van der Waals surface area (Å²) in [5.41, 5.74) is 0.658. The molecule has 0 N–H and O–H groups in total. The number of carbonyl (C=O) groups excluding carboxylic acids is 1. The summed E-state index contributed by atoms with van der Waals surface area (Å²) in [5, 5.41) is 0. The summed E-state index contributed by atoms with van der Waals surface area (Å²) in [6, 6.07) is 7.47. The highest BCUT2D eigenvalue weighted by Crippen LogP contribution is 2.24. The standard InChI is InChI=1S/C18H25NO3/c1-3-13-21-14-15-9-11-19(12-10-15)18(20)16-7-5-6-8-17(16)22-4-2/h3,5-8,15H,1,4,9-14H2,2H3. The zero-order valence-electron chi connectivity index (χ0n) is 13.3. The molecule has 1 amide bonds. The first-order valence-corrected chi connectivity index (χ1v) is 7.96. The number of nitrogens with zero attached hydrogens (tertiary/aromatic N) is 1. The summed E-state index contributed by atoms with van der Waals surface area (Å²) in [6.45, 7) is 9.04. The number of ether oxygens (including phenoxy) is 2. The minimum Gasteiger partial charge on any atom is -0.493 e. The summed E-state index contributed by atoms with van der Waals surface area (Å²) < 4.78 is 11.1. The van der Waals surface area contributed by atoms with Crippen LogP contribution in [0.25, 0.3) is 0 Å². The predicted molar refractivity (Wildman–Crippen MR) is 87.3 cm³/mol. The Kier molecular flexibility index (Phi) is 6.46. The molecule has 0 aliphatic carbocycles. The first-order valence-electron chi connectivity index (χ1n) is 7.96. The molecule has 1 aliphatic heterocycles. The second-order valence-corrected chi connectivity index (χ2v) is 5.49. The average Bonchev–Trinajstić information content (AvgIpc) is 2.56. The van der Waals surface area contributed by atoms with Gasteiger partial charge in [-0.3, -0.25) is 4.79 Å². The fourth-order valence-electron chi connectivity index (χ4n) is 2.72. The second-order valence-electron chi connectivity index (χ2n) is 5.49. The van der Waals surface area contributed by atoms with Crippen molar-refractivity contribution in [2.24, 2.45) is 5.92 Å². The molecule has 0 bridgehead atoms. The van der Waals surface area contributed by atoms with Crippen molar-refractivity contribution in [3.05, 3.63) is 42.5 Å². The van der Waals surface area contributed by atoms with E-state index in [1.165, 1.54) is 0 Å². The van der Waals surface area contributed by atoms with Crippen molar-refractivity contribution in [1.29, 1.82) is 0 Å². The fraction of sp³-hybridized carbons (Fsp3) is 0.500. The zero-order valence-corrected chi connectivity index (χ0v) is 13.3. The van der Waals surface area contributed by atoms with E-state index in [-0.39, 0.29) is 5.91 Å². The molecule has 0 unspecified atom stereocenters. The van der Waals surface area contributed by atoms with Crippen molar-refractivity contribution in [3.63, 3.8) is 0 Å². The van der Waals surface area contributed by atoms with Gasteiger partial charge in [0.05, 0.1) is 18.8 Å². The van der Waals surface area contributed by atoms with E-state index in [2.05, 4.69) is 6.58 Å². The van der Waals surface area contributed by atoms with Gasteiger partial charge in [0.1, 0.15) is 5.75 Å². The Morgan fingerprint density at radius 1 is 1.36 bits per heavy atom. The molecule has 0 atom stereocenters. The number of benzene rings is 1. The molecule has 0 saturated carbocycles. The number of rotatable bonds is 7. The first-order chi connectivity index (χ1) is 10.8. The van der Waals surface area contributed by atoms with Crippen LogP contribution in [0.3, 0.4) is 0 Å². The van der Waals surface area contributed by atoms with Gasteiger partial charge in [0, 0.05) is 19.7 Å². The summed E-state index contributed by atoms with van der Waals surface area (Å²) in [5.74, 6) is 1.27. The highest BCUT2D eigenvalue weighted by molar-refractivity contribution is 5.97. The van der Waals surface area contributed by atoms with Gasteiger partial charge in [0.2, 0.25) is 0 Å². The summed E-state index contributed by atoms with van der Waals surface area (Å²) in [6.07, 6.45) is 3.74. The van der Waals surface area contributed by atoms with Gasteiger partial charge < -0.3 is 14.4 Å². The molecule has 0 radical (unpaired) electrons. The molecular formula is C18H25NO3. The Morgan fingerprint density at radius 2 is 2.09 bits per heavy atom. The number of hydrogen-bond acceptors (Lipinski definition) is 3. The lowest BCUT2D eigenvalue weighted by Gasteiger charge is -2.32. The van der Waals surface area contributed by atoms with Crippen LogP contribution in [0.1, 0.15) is 30.1 Å². The van der Waals surface area contributed by atoms with E-state index in [0.717, 1.165) is 32.5 Å². The molecule has 120 valence electrons. The Labute approximate surface area is 132 Å². The van der Waals surface area contributed by atoms with Crippen LogP contribution >= 0.6 is 0 Å². The Hall–Kier alpha value is -1.81. The quantitative estimate of drug-likeness (QED) is 0.574. The topological polar surface area (TPSA) is 38.8 Å². The summed E-state index contributed by atoms with van der Waals surface area (Å²) >= 11 is 0. The lowest BCUT2D eigenvalue weighted by molar-refractivity contribution is 0.0572. The van der Waals surface area contributed by atoms with Crippen LogP contribution in [0.4, 0.5) is 0 Å². The number of likely N-dealkylation sites (tertiary alicyclic amines) is 1. The lowest BCUT2D eigenvalue weighted by Crippen LogP contribution is -2.39. The molecule has 2 rings (SSSR count). The highest BCUT2D eigenvalue weighted by atomic mass is 16.5. The SMILES string of the molecule is C=CCOCC1CCN(C(=O)c2ccccc2OCC)CC1. The van der Waals surface area contributed by atoms with E-state index in [1.54, 1.807) is 6.08 Å². The van der Waals surface area contributed by atoms with E-state index >= 15 is 0 Å². The Balaban J connectivity index is 1.91. The van der Waals surface area contributed by atoms with E-state index in [9.17, 15) is 4.79 Å². The van der Waals surface area contributed by atoms with Crippen LogP contribution < -0.4 is 4.74 Å². The molecule has 0 spiro atoms. The average molecular weight is 303 g/mol. The molecule has 1 saturated heterocycles. The van der Waals surface area contributed by atoms with Crippen molar-refractivity contribution in [2.45, 2.75) is 19.8 Å². The van der Waals surface area contributed by atoms with Crippen molar-refractivity contribution in [2.75, 3.05) is 32.9 Å². The monoisotopic (exact) mass is 303 g/mol. The normalized spacial score (nSPS) is 15.6. The van der Waals surface area contributed by atoms with Gasteiger partial charge in [-0.1, -0.05) is 18.2 Å². The van der Waals surface area contributed by atoms with Crippen molar-refractivity contribution >= 4 is 5.91 Å². The van der Waals surface area contributed by atoms with Crippen LogP contribution in [-0.4, -0.2) is 43.7 Å². The molecule has 1 aromatic rings. The van der Waals surface area contributed by atoms with E-state index in [0.29, 0.717) is 30.4 Å². The van der Waals surface area contributed by atoms with Crippen LogP contribution in [-0.2, 0) is 4.74 Å². The third kappa shape index (κ3) is 4.34. The Bertz CT molecular complexity index is 493.